The van der Waals surface area contributed by atoms with Crippen LogP contribution in [0.1, 0.15) is 131 Å². The predicted octanol–water partition coefficient (Wildman–Crippen LogP) is 9.32. The van der Waals surface area contributed by atoms with Crippen molar-refractivity contribution in [2.75, 3.05) is 31.3 Å². The Bertz CT molecular complexity index is 1150. The molecular weight excluding hydrogens is 701 g/mol. The molecule has 12 heteroatoms. The number of amides is 2. The van der Waals surface area contributed by atoms with Crippen LogP contribution in [0.2, 0.25) is 0 Å². The molecule has 3 rings (SSSR count). The highest BCUT2D eigenvalue weighted by atomic mass is 32.2. The first-order valence-corrected chi connectivity index (χ1v) is 21.7. The largest absolute Gasteiger partial charge is 0.458 e. The normalized spacial score (nSPS) is 21.7. The number of hydrogen-bond acceptors (Lipinski definition) is 10. The van der Waals surface area contributed by atoms with Crippen molar-refractivity contribution in [3.8, 4) is 0 Å². The SMILES string of the molecule is C=C(C)COOCC(CSC1CCCCC1)OC(=O)NC(C)(C)C1CCCC(C(C)(C)NC(=O)OC(COC(=O)C(=C)C)CSC2CCCCC2)C1. The van der Waals surface area contributed by atoms with Crippen LogP contribution in [0.15, 0.2) is 24.3 Å². The Kier molecular flexibility index (Phi) is 19.2. The van der Waals surface area contributed by atoms with Crippen LogP contribution in [-0.2, 0) is 28.8 Å². The fraction of sp³-hybridized carbons (Fsp3) is 0.825. The van der Waals surface area contributed by atoms with Crippen molar-refractivity contribution in [1.29, 1.82) is 0 Å². The van der Waals surface area contributed by atoms with Crippen LogP contribution in [0.25, 0.3) is 0 Å². The van der Waals surface area contributed by atoms with Gasteiger partial charge in [0.05, 0.1) is 0 Å². The molecule has 0 aromatic carbocycles. The summed E-state index contributed by atoms with van der Waals surface area (Å²) in [6, 6.07) is 0. The standard InChI is InChI=1S/C40H68N2O8S2/c1-28(2)23-47-48-25-33(27-52-35-20-13-10-14-21-35)50-38(45)42-40(7,8)31-17-15-16-30(22-31)39(5,6)41-37(44)49-32(24-46-36(43)29(3)4)26-51-34-18-11-9-12-19-34/h30-35H,1,3,9-27H2,2,4-8H3,(H,41,44)(H,42,45). The molecule has 0 aliphatic heterocycles. The van der Waals surface area contributed by atoms with Gasteiger partial charge in [-0.15, -0.1) is 0 Å². The Hall–Kier alpha value is -1.89. The summed E-state index contributed by atoms with van der Waals surface area (Å²) in [6.07, 6.45) is 13.9. The van der Waals surface area contributed by atoms with E-state index in [1.54, 1.807) is 18.7 Å². The lowest BCUT2D eigenvalue weighted by Crippen LogP contribution is -2.55. The molecule has 298 valence electrons. The van der Waals surface area contributed by atoms with Crippen molar-refractivity contribution in [2.45, 2.75) is 165 Å². The van der Waals surface area contributed by atoms with Crippen LogP contribution in [-0.4, -0.2) is 83.3 Å². The van der Waals surface area contributed by atoms with Gasteiger partial charge in [-0.2, -0.15) is 23.5 Å². The summed E-state index contributed by atoms with van der Waals surface area (Å²) in [5, 5.41) is 7.42. The van der Waals surface area contributed by atoms with Crippen LogP contribution in [0.4, 0.5) is 9.59 Å². The second-order valence-electron chi connectivity index (χ2n) is 16.4. The molecule has 0 heterocycles. The predicted molar refractivity (Wildman–Crippen MR) is 212 cm³/mol. The van der Waals surface area contributed by atoms with Gasteiger partial charge in [-0.3, -0.25) is 0 Å². The van der Waals surface area contributed by atoms with Gasteiger partial charge in [0.2, 0.25) is 0 Å². The molecule has 52 heavy (non-hydrogen) atoms. The van der Waals surface area contributed by atoms with Gasteiger partial charge in [0.1, 0.15) is 32.0 Å². The van der Waals surface area contributed by atoms with E-state index in [0.29, 0.717) is 34.2 Å². The number of esters is 1. The van der Waals surface area contributed by atoms with Gasteiger partial charge < -0.3 is 24.8 Å². The fourth-order valence-corrected chi connectivity index (χ4v) is 9.97. The van der Waals surface area contributed by atoms with E-state index in [-0.39, 0.29) is 25.0 Å². The highest BCUT2D eigenvalue weighted by Crippen LogP contribution is 2.41. The van der Waals surface area contributed by atoms with Gasteiger partial charge in [0, 0.05) is 38.7 Å². The molecule has 4 unspecified atom stereocenters. The molecule has 0 aromatic heterocycles. The lowest BCUT2D eigenvalue weighted by atomic mass is 9.67. The fourth-order valence-electron chi connectivity index (χ4n) is 7.33. The van der Waals surface area contributed by atoms with Gasteiger partial charge in [-0.1, -0.05) is 63.7 Å². The summed E-state index contributed by atoms with van der Waals surface area (Å²) in [6.45, 7) is 19.6. The number of alkyl carbamates (subject to hydrolysis) is 2. The summed E-state index contributed by atoms with van der Waals surface area (Å²) in [5.41, 5.74) is 0.0569. The second kappa shape index (κ2) is 22.5. The van der Waals surface area contributed by atoms with E-state index in [0.717, 1.165) is 44.1 Å². The quantitative estimate of drug-likeness (QED) is 0.0236. The zero-order valence-electron chi connectivity index (χ0n) is 32.9. The van der Waals surface area contributed by atoms with Crippen molar-refractivity contribution in [3.63, 3.8) is 0 Å². The first kappa shape index (κ1) is 44.5. The Morgan fingerprint density at radius 3 is 1.58 bits per heavy atom. The molecule has 0 saturated heterocycles. The minimum atomic E-state index is -0.565. The van der Waals surface area contributed by atoms with Crippen LogP contribution in [0, 0.1) is 11.8 Å². The van der Waals surface area contributed by atoms with Crippen molar-refractivity contribution in [3.05, 3.63) is 24.3 Å². The Balaban J connectivity index is 1.55. The molecule has 3 aliphatic carbocycles. The molecule has 4 atom stereocenters. The third-order valence-corrected chi connectivity index (χ3v) is 13.7. The number of carbonyl (C=O) groups is 3. The molecule has 3 saturated carbocycles. The van der Waals surface area contributed by atoms with E-state index < -0.39 is 41.4 Å². The van der Waals surface area contributed by atoms with Gasteiger partial charge in [-0.25, -0.2) is 24.2 Å². The molecule has 10 nitrogen and oxygen atoms in total. The summed E-state index contributed by atoms with van der Waals surface area (Å²) in [4.78, 5) is 49.5. The van der Waals surface area contributed by atoms with E-state index in [4.69, 9.17) is 24.0 Å². The third kappa shape index (κ3) is 16.6. The maximum absolute atomic E-state index is 13.4. The minimum Gasteiger partial charge on any atom is -0.458 e. The average molecular weight is 769 g/mol. The van der Waals surface area contributed by atoms with Gasteiger partial charge in [0.15, 0.2) is 0 Å². The molecule has 2 N–H and O–H groups in total. The van der Waals surface area contributed by atoms with Gasteiger partial charge in [0.25, 0.3) is 0 Å². The number of rotatable bonds is 20. The summed E-state index contributed by atoms with van der Waals surface area (Å²) in [5.74, 6) is 1.05. The lowest BCUT2D eigenvalue weighted by molar-refractivity contribution is -0.297. The van der Waals surface area contributed by atoms with Crippen LogP contribution in [0.5, 0.6) is 0 Å². The monoisotopic (exact) mass is 768 g/mol. The van der Waals surface area contributed by atoms with Crippen molar-refractivity contribution < 1.29 is 38.4 Å². The zero-order valence-corrected chi connectivity index (χ0v) is 34.5. The zero-order chi connectivity index (χ0) is 38.1. The summed E-state index contributed by atoms with van der Waals surface area (Å²) in [7, 11) is 0. The van der Waals surface area contributed by atoms with Crippen molar-refractivity contribution in [1.82, 2.24) is 10.6 Å². The van der Waals surface area contributed by atoms with E-state index in [9.17, 15) is 14.4 Å². The molecule has 3 fully saturated rings. The van der Waals surface area contributed by atoms with E-state index in [1.165, 1.54) is 51.4 Å². The van der Waals surface area contributed by atoms with Crippen LogP contribution < -0.4 is 10.6 Å². The van der Waals surface area contributed by atoms with Gasteiger partial charge in [-0.05, 0) is 98.3 Å². The molecular formula is C40H68N2O8S2. The topological polar surface area (TPSA) is 121 Å². The summed E-state index contributed by atoms with van der Waals surface area (Å²) >= 11 is 3.65. The number of ether oxygens (including phenoxy) is 3. The van der Waals surface area contributed by atoms with E-state index in [2.05, 4.69) is 37.6 Å². The highest BCUT2D eigenvalue weighted by molar-refractivity contribution is 8.00. The molecule has 0 bridgehead atoms. The number of hydrogen-bond donors (Lipinski definition) is 2. The molecule has 3 aliphatic rings. The number of carbonyl (C=O) groups excluding carboxylic acids is 3. The molecule has 0 spiro atoms. The number of thioether (sulfide) groups is 2. The van der Waals surface area contributed by atoms with Gasteiger partial charge >= 0.3 is 18.2 Å². The average Bonchev–Trinajstić information content (AvgIpc) is 3.10. The van der Waals surface area contributed by atoms with E-state index in [1.807, 2.05) is 32.5 Å². The molecule has 2 amide bonds. The first-order valence-electron chi connectivity index (χ1n) is 19.6. The van der Waals surface area contributed by atoms with Crippen LogP contribution in [0.3, 0.4) is 0 Å². The van der Waals surface area contributed by atoms with Crippen molar-refractivity contribution in [2.24, 2.45) is 11.8 Å². The van der Waals surface area contributed by atoms with Crippen LogP contribution >= 0.6 is 23.5 Å². The Morgan fingerprint density at radius 1 is 0.673 bits per heavy atom. The van der Waals surface area contributed by atoms with E-state index >= 15 is 0 Å². The maximum Gasteiger partial charge on any atom is 0.407 e. The number of nitrogens with one attached hydrogen (secondary N) is 2. The first-order chi connectivity index (χ1) is 24.6. The molecule has 0 aromatic rings. The Labute approximate surface area is 322 Å². The second-order valence-corrected chi connectivity index (χ2v) is 19.0. The third-order valence-electron chi connectivity index (χ3n) is 10.6. The lowest BCUT2D eigenvalue weighted by Gasteiger charge is -2.45. The Morgan fingerprint density at radius 2 is 1.13 bits per heavy atom. The smallest absolute Gasteiger partial charge is 0.407 e. The van der Waals surface area contributed by atoms with Crippen molar-refractivity contribution >= 4 is 41.7 Å². The molecule has 0 radical (unpaired) electrons. The highest BCUT2D eigenvalue weighted by Gasteiger charge is 2.41. The maximum atomic E-state index is 13.4. The summed E-state index contributed by atoms with van der Waals surface area (Å²) < 4.78 is 17.3. The minimum absolute atomic E-state index is 0.00546.